The summed E-state index contributed by atoms with van der Waals surface area (Å²) in [7, 11) is -3.57. The van der Waals surface area contributed by atoms with Gasteiger partial charge in [0.05, 0.1) is 11.4 Å². The van der Waals surface area contributed by atoms with Crippen molar-refractivity contribution in [2.75, 3.05) is 17.4 Å². The topological polar surface area (TPSA) is 84.4 Å². The maximum atomic E-state index is 12.7. The monoisotopic (exact) mass is 346 g/mol. The van der Waals surface area contributed by atoms with E-state index in [0.29, 0.717) is 10.7 Å². The highest BCUT2D eigenvalue weighted by Crippen LogP contribution is 2.33. The van der Waals surface area contributed by atoms with Crippen molar-refractivity contribution in [3.8, 4) is 6.01 Å². The largest absolute Gasteiger partial charge is 0.460 e. The van der Waals surface area contributed by atoms with Gasteiger partial charge in [-0.1, -0.05) is 18.2 Å². The van der Waals surface area contributed by atoms with Crippen molar-refractivity contribution in [1.29, 1.82) is 0 Å². The van der Waals surface area contributed by atoms with Crippen molar-refractivity contribution in [3.63, 3.8) is 0 Å². The van der Waals surface area contributed by atoms with E-state index in [0.717, 1.165) is 31.5 Å². The van der Waals surface area contributed by atoms with Gasteiger partial charge in [0.25, 0.3) is 10.0 Å². The molecular weight excluding hydrogens is 328 g/mol. The van der Waals surface area contributed by atoms with Gasteiger partial charge in [-0.3, -0.25) is 0 Å². The molecular formula is C16H18N4O3S. The van der Waals surface area contributed by atoms with E-state index in [4.69, 9.17) is 4.74 Å². The lowest BCUT2D eigenvalue weighted by molar-refractivity contribution is 0.149. The number of rotatable bonds is 3. The van der Waals surface area contributed by atoms with Gasteiger partial charge in [-0.05, 0) is 37.6 Å². The molecule has 0 bridgehead atoms. The van der Waals surface area contributed by atoms with Gasteiger partial charge < -0.3 is 10.1 Å². The average Bonchev–Trinajstić information content (AvgIpc) is 2.88. The molecule has 0 aliphatic carbocycles. The Morgan fingerprint density at radius 3 is 2.75 bits per heavy atom. The molecule has 1 aromatic heterocycles. The minimum Gasteiger partial charge on any atom is -0.460 e. The van der Waals surface area contributed by atoms with E-state index in [9.17, 15) is 8.42 Å². The van der Waals surface area contributed by atoms with E-state index in [-0.39, 0.29) is 18.7 Å². The Morgan fingerprint density at radius 1 is 1.17 bits per heavy atom. The molecule has 2 aromatic rings. The van der Waals surface area contributed by atoms with Gasteiger partial charge in [0.1, 0.15) is 11.9 Å². The summed E-state index contributed by atoms with van der Waals surface area (Å²) < 4.78 is 32.5. The van der Waals surface area contributed by atoms with Crippen LogP contribution in [-0.4, -0.2) is 37.6 Å². The van der Waals surface area contributed by atoms with Gasteiger partial charge in [-0.25, -0.2) is 17.7 Å². The highest BCUT2D eigenvalue weighted by atomic mass is 32.2. The van der Waals surface area contributed by atoms with Crippen LogP contribution < -0.4 is 14.4 Å². The van der Waals surface area contributed by atoms with E-state index in [1.807, 2.05) is 12.1 Å². The Morgan fingerprint density at radius 2 is 1.96 bits per heavy atom. The van der Waals surface area contributed by atoms with E-state index in [1.54, 1.807) is 18.2 Å². The van der Waals surface area contributed by atoms with Gasteiger partial charge >= 0.3 is 6.01 Å². The summed E-state index contributed by atoms with van der Waals surface area (Å²) in [5, 5.41) is 3.27. The quantitative estimate of drug-likeness (QED) is 0.902. The van der Waals surface area contributed by atoms with Crippen molar-refractivity contribution < 1.29 is 13.2 Å². The number of nitrogens with zero attached hydrogens (tertiary/aromatic N) is 3. The zero-order valence-electron chi connectivity index (χ0n) is 13.1. The van der Waals surface area contributed by atoms with Crippen molar-refractivity contribution in [2.45, 2.75) is 30.4 Å². The lowest BCUT2D eigenvalue weighted by Crippen LogP contribution is -2.34. The van der Waals surface area contributed by atoms with E-state index in [2.05, 4.69) is 15.3 Å². The standard InChI is InChI=1S/C16H18N4O3S/c21-24(22)14-4-2-1-3-12(14)11-20(24)15-7-10-18-16(19-15)23-13-5-8-17-9-6-13/h1-4,7,10,13,17H,5-6,8-9,11H2. The molecule has 3 heterocycles. The van der Waals surface area contributed by atoms with E-state index in [1.165, 1.54) is 10.5 Å². The molecule has 0 spiro atoms. The molecule has 2 aliphatic rings. The predicted molar refractivity (Wildman–Crippen MR) is 88.4 cm³/mol. The second kappa shape index (κ2) is 6.03. The molecule has 1 aromatic carbocycles. The van der Waals surface area contributed by atoms with Crippen molar-refractivity contribution in [1.82, 2.24) is 15.3 Å². The minimum absolute atomic E-state index is 0.0638. The van der Waals surface area contributed by atoms with E-state index >= 15 is 0 Å². The predicted octanol–water partition coefficient (Wildman–Crippen LogP) is 1.32. The van der Waals surface area contributed by atoms with Gasteiger partial charge in [0.15, 0.2) is 0 Å². The fourth-order valence-corrected chi connectivity index (χ4v) is 4.65. The Bertz CT molecular complexity index is 850. The molecule has 0 radical (unpaired) electrons. The fourth-order valence-electron chi connectivity index (χ4n) is 3.04. The number of fused-ring (bicyclic) bond motifs is 1. The van der Waals surface area contributed by atoms with Crippen molar-refractivity contribution >= 4 is 15.8 Å². The Labute approximate surface area is 140 Å². The number of anilines is 1. The number of ether oxygens (including phenoxy) is 1. The van der Waals surface area contributed by atoms with Crippen LogP contribution in [0.15, 0.2) is 41.4 Å². The molecule has 0 unspecified atom stereocenters. The first-order valence-corrected chi connectivity index (χ1v) is 9.40. The summed E-state index contributed by atoms with van der Waals surface area (Å²) in [6.07, 6.45) is 3.38. The number of piperidine rings is 1. The molecule has 0 amide bonds. The molecule has 2 aliphatic heterocycles. The Kier molecular flexibility index (Phi) is 3.85. The van der Waals surface area contributed by atoms with Crippen LogP contribution in [0.5, 0.6) is 6.01 Å². The smallest absolute Gasteiger partial charge is 0.318 e. The Hall–Kier alpha value is -2.19. The summed E-state index contributed by atoms with van der Waals surface area (Å²) in [5.74, 6) is 0.338. The summed E-state index contributed by atoms with van der Waals surface area (Å²) >= 11 is 0. The number of hydrogen-bond donors (Lipinski definition) is 1. The molecule has 8 heteroatoms. The number of hydrogen-bond acceptors (Lipinski definition) is 6. The molecule has 0 atom stereocenters. The third kappa shape index (κ3) is 2.71. The molecule has 1 fully saturated rings. The zero-order valence-corrected chi connectivity index (χ0v) is 13.9. The fraction of sp³-hybridized carbons (Fsp3) is 0.375. The van der Waals surface area contributed by atoms with Crippen molar-refractivity contribution in [2.24, 2.45) is 0 Å². The van der Waals surface area contributed by atoms with E-state index < -0.39 is 10.0 Å². The number of sulfonamides is 1. The van der Waals surface area contributed by atoms with Crippen LogP contribution >= 0.6 is 0 Å². The van der Waals surface area contributed by atoms with Gasteiger partial charge in [-0.2, -0.15) is 4.98 Å². The number of nitrogens with one attached hydrogen (secondary N) is 1. The molecule has 1 N–H and O–H groups in total. The van der Waals surface area contributed by atoms with Crippen LogP contribution in [0, 0.1) is 0 Å². The van der Waals surface area contributed by atoms with Gasteiger partial charge in [-0.15, -0.1) is 0 Å². The SMILES string of the molecule is O=S1(=O)c2ccccc2CN1c1ccnc(OC2CCNCC2)n1. The molecule has 126 valence electrons. The first-order chi connectivity index (χ1) is 11.6. The second-order valence-corrected chi connectivity index (χ2v) is 7.71. The second-order valence-electron chi connectivity index (χ2n) is 5.88. The minimum atomic E-state index is -3.57. The lowest BCUT2D eigenvalue weighted by Gasteiger charge is -2.23. The van der Waals surface area contributed by atoms with Gasteiger partial charge in [0, 0.05) is 12.3 Å². The normalized spacial score (nSPS) is 19.9. The first-order valence-electron chi connectivity index (χ1n) is 7.96. The highest BCUT2D eigenvalue weighted by Gasteiger charge is 2.35. The third-order valence-electron chi connectivity index (χ3n) is 4.29. The lowest BCUT2D eigenvalue weighted by atomic mass is 10.1. The molecule has 4 rings (SSSR count). The summed E-state index contributed by atoms with van der Waals surface area (Å²) in [4.78, 5) is 8.78. The maximum Gasteiger partial charge on any atom is 0.318 e. The molecule has 1 saturated heterocycles. The Balaban J connectivity index is 1.60. The number of aromatic nitrogens is 2. The van der Waals surface area contributed by atoms with Crippen LogP contribution in [0.3, 0.4) is 0 Å². The third-order valence-corrected chi connectivity index (χ3v) is 6.14. The first kappa shape index (κ1) is 15.3. The summed E-state index contributed by atoms with van der Waals surface area (Å²) in [6.45, 7) is 2.09. The van der Waals surface area contributed by atoms with Crippen molar-refractivity contribution in [3.05, 3.63) is 42.1 Å². The molecule has 0 saturated carbocycles. The maximum absolute atomic E-state index is 12.7. The molecule has 7 nitrogen and oxygen atoms in total. The average molecular weight is 346 g/mol. The number of benzene rings is 1. The summed E-state index contributed by atoms with van der Waals surface area (Å²) in [5.41, 5.74) is 0.775. The van der Waals surface area contributed by atoms with Crippen LogP contribution in [0.25, 0.3) is 0 Å². The molecule has 24 heavy (non-hydrogen) atoms. The van der Waals surface area contributed by atoms with Crippen LogP contribution in [0.4, 0.5) is 5.82 Å². The zero-order chi connectivity index (χ0) is 16.6. The van der Waals surface area contributed by atoms with Crippen LogP contribution in [-0.2, 0) is 16.6 Å². The van der Waals surface area contributed by atoms with Crippen LogP contribution in [0.1, 0.15) is 18.4 Å². The highest BCUT2D eigenvalue weighted by molar-refractivity contribution is 7.93. The van der Waals surface area contributed by atoms with Crippen LogP contribution in [0.2, 0.25) is 0 Å². The van der Waals surface area contributed by atoms with Gasteiger partial charge in [0.2, 0.25) is 0 Å². The summed E-state index contributed by atoms with van der Waals surface area (Å²) in [6, 6.07) is 8.83.